The molecule has 4 heteroatoms. The number of allylic oxidation sites excluding steroid dienone is 2. The predicted octanol–water partition coefficient (Wildman–Crippen LogP) is 5.47. The molecule has 2 aromatic carbocycles. The Morgan fingerprint density at radius 2 is 2.00 bits per heavy atom. The average molecular weight is 365 g/mol. The van der Waals surface area contributed by atoms with E-state index in [1.165, 1.54) is 12.1 Å². The van der Waals surface area contributed by atoms with E-state index in [1.54, 1.807) is 0 Å². The molecule has 0 aromatic heterocycles. The Morgan fingerprint density at radius 3 is 2.74 bits per heavy atom. The molecule has 140 valence electrons. The fraction of sp³-hybridized carbons (Fsp3) is 0.348. The normalized spacial score (nSPS) is 22.9. The largest absolute Gasteiger partial charge is 0.462 e. The smallest absolute Gasteiger partial charge is 0.338 e. The fourth-order valence-corrected chi connectivity index (χ4v) is 4.05. The van der Waals surface area contributed by atoms with Gasteiger partial charge in [-0.1, -0.05) is 38.1 Å². The maximum atomic E-state index is 13.3. The monoisotopic (exact) mass is 365 g/mol. The van der Waals surface area contributed by atoms with Gasteiger partial charge in [0.05, 0.1) is 18.2 Å². The lowest BCUT2D eigenvalue weighted by atomic mass is 9.76. The van der Waals surface area contributed by atoms with Crippen LogP contribution in [0.15, 0.2) is 54.6 Å². The van der Waals surface area contributed by atoms with Gasteiger partial charge in [0.25, 0.3) is 0 Å². The first-order valence-corrected chi connectivity index (χ1v) is 9.52. The van der Waals surface area contributed by atoms with E-state index in [0.717, 1.165) is 23.2 Å². The van der Waals surface area contributed by atoms with Crippen LogP contribution >= 0.6 is 0 Å². The molecule has 0 saturated heterocycles. The second-order valence-electron chi connectivity index (χ2n) is 7.82. The number of fused-ring (bicyclic) bond motifs is 3. The van der Waals surface area contributed by atoms with E-state index in [1.807, 2.05) is 44.2 Å². The van der Waals surface area contributed by atoms with E-state index in [2.05, 4.69) is 17.5 Å². The third kappa shape index (κ3) is 3.48. The standard InChI is InChI=1S/C23H24FNO2/c1-14(2)13-27-23(26)16-8-11-21-20(12-16)18-4-3-5-19(18)22(25-21)15-6-9-17(24)10-7-15/h3-4,6-12,14,18-19,22,25H,5,13H2,1-2H3. The Kier molecular flexibility index (Phi) is 4.73. The van der Waals surface area contributed by atoms with Gasteiger partial charge in [0, 0.05) is 11.6 Å². The highest BCUT2D eigenvalue weighted by molar-refractivity contribution is 5.90. The number of hydrogen-bond donors (Lipinski definition) is 1. The van der Waals surface area contributed by atoms with Crippen molar-refractivity contribution < 1.29 is 13.9 Å². The molecule has 3 nitrogen and oxygen atoms in total. The van der Waals surface area contributed by atoms with Crippen LogP contribution in [-0.4, -0.2) is 12.6 Å². The lowest BCUT2D eigenvalue weighted by molar-refractivity contribution is 0.0459. The van der Waals surface area contributed by atoms with Gasteiger partial charge in [-0.25, -0.2) is 9.18 Å². The summed E-state index contributed by atoms with van der Waals surface area (Å²) in [5.41, 5.74) is 3.83. The average Bonchev–Trinajstić information content (AvgIpc) is 3.16. The molecule has 4 rings (SSSR count). The SMILES string of the molecule is CC(C)COC(=O)c1ccc2c(c1)C1C=CCC1C(c1ccc(F)cc1)N2. The van der Waals surface area contributed by atoms with Crippen LogP contribution in [0.5, 0.6) is 0 Å². The zero-order chi connectivity index (χ0) is 19.0. The molecule has 27 heavy (non-hydrogen) atoms. The summed E-state index contributed by atoms with van der Waals surface area (Å²) in [5, 5.41) is 3.61. The maximum absolute atomic E-state index is 13.3. The molecule has 0 radical (unpaired) electrons. The Hall–Kier alpha value is -2.62. The highest BCUT2D eigenvalue weighted by Gasteiger charge is 2.38. The zero-order valence-electron chi connectivity index (χ0n) is 15.6. The first-order valence-electron chi connectivity index (χ1n) is 9.52. The van der Waals surface area contributed by atoms with E-state index in [4.69, 9.17) is 4.74 Å². The minimum absolute atomic E-state index is 0.122. The Morgan fingerprint density at radius 1 is 1.22 bits per heavy atom. The van der Waals surface area contributed by atoms with E-state index < -0.39 is 0 Å². The first-order chi connectivity index (χ1) is 13.0. The van der Waals surface area contributed by atoms with Gasteiger partial charge in [0.15, 0.2) is 0 Å². The van der Waals surface area contributed by atoms with Crippen molar-refractivity contribution in [3.63, 3.8) is 0 Å². The number of benzene rings is 2. The van der Waals surface area contributed by atoms with Crippen molar-refractivity contribution in [1.82, 2.24) is 0 Å². The van der Waals surface area contributed by atoms with E-state index in [-0.39, 0.29) is 23.7 Å². The summed E-state index contributed by atoms with van der Waals surface area (Å²) >= 11 is 0. The molecule has 1 aliphatic carbocycles. The summed E-state index contributed by atoms with van der Waals surface area (Å²) in [4.78, 5) is 12.3. The number of halogens is 1. The molecule has 3 unspecified atom stereocenters. The van der Waals surface area contributed by atoms with Crippen LogP contribution in [0.3, 0.4) is 0 Å². The third-order valence-electron chi connectivity index (χ3n) is 5.38. The zero-order valence-corrected chi connectivity index (χ0v) is 15.6. The number of ether oxygens (including phenoxy) is 1. The Balaban J connectivity index is 1.63. The van der Waals surface area contributed by atoms with E-state index in [0.29, 0.717) is 24.0 Å². The molecule has 3 atom stereocenters. The maximum Gasteiger partial charge on any atom is 0.338 e. The predicted molar refractivity (Wildman–Crippen MR) is 104 cm³/mol. The van der Waals surface area contributed by atoms with Gasteiger partial charge in [-0.15, -0.1) is 0 Å². The van der Waals surface area contributed by atoms with Gasteiger partial charge in [-0.05, 0) is 59.7 Å². The lowest BCUT2D eigenvalue weighted by Crippen LogP contribution is -2.29. The number of carbonyl (C=O) groups is 1. The van der Waals surface area contributed by atoms with Crippen molar-refractivity contribution >= 4 is 11.7 Å². The van der Waals surface area contributed by atoms with Gasteiger partial charge in [0.2, 0.25) is 0 Å². The quantitative estimate of drug-likeness (QED) is 0.577. The van der Waals surface area contributed by atoms with Crippen molar-refractivity contribution in [2.45, 2.75) is 32.2 Å². The van der Waals surface area contributed by atoms with Crippen molar-refractivity contribution in [2.75, 3.05) is 11.9 Å². The summed E-state index contributed by atoms with van der Waals surface area (Å²) in [7, 11) is 0. The van der Waals surface area contributed by atoms with Gasteiger partial charge in [-0.3, -0.25) is 0 Å². The van der Waals surface area contributed by atoms with Crippen LogP contribution in [0.2, 0.25) is 0 Å². The summed E-state index contributed by atoms with van der Waals surface area (Å²) in [6, 6.07) is 12.6. The summed E-state index contributed by atoms with van der Waals surface area (Å²) in [5.74, 6) is 0.414. The number of anilines is 1. The number of carbonyl (C=O) groups excluding carboxylic acids is 1. The minimum Gasteiger partial charge on any atom is -0.462 e. The first kappa shape index (κ1) is 17.8. The van der Waals surface area contributed by atoms with Crippen LogP contribution in [0, 0.1) is 17.7 Å². The highest BCUT2D eigenvalue weighted by atomic mass is 19.1. The van der Waals surface area contributed by atoms with Crippen molar-refractivity contribution in [1.29, 1.82) is 0 Å². The van der Waals surface area contributed by atoms with Gasteiger partial charge < -0.3 is 10.1 Å². The Bertz CT molecular complexity index is 872. The van der Waals surface area contributed by atoms with Crippen LogP contribution in [-0.2, 0) is 4.74 Å². The molecule has 0 fully saturated rings. The third-order valence-corrected chi connectivity index (χ3v) is 5.38. The summed E-state index contributed by atoms with van der Waals surface area (Å²) in [6.07, 6.45) is 5.39. The molecular formula is C23H24FNO2. The molecule has 0 spiro atoms. The molecular weight excluding hydrogens is 341 g/mol. The second kappa shape index (κ2) is 7.18. The fourth-order valence-electron chi connectivity index (χ4n) is 4.05. The van der Waals surface area contributed by atoms with Crippen molar-refractivity contribution in [2.24, 2.45) is 11.8 Å². The molecule has 2 aliphatic rings. The number of hydrogen-bond acceptors (Lipinski definition) is 3. The lowest BCUT2D eigenvalue weighted by Gasteiger charge is -2.37. The van der Waals surface area contributed by atoms with Crippen LogP contribution in [0.25, 0.3) is 0 Å². The van der Waals surface area contributed by atoms with Crippen LogP contribution in [0.4, 0.5) is 10.1 Å². The van der Waals surface area contributed by atoms with Crippen molar-refractivity contribution in [3.05, 3.63) is 77.1 Å². The molecule has 1 aliphatic heterocycles. The molecule has 2 aromatic rings. The number of esters is 1. The van der Waals surface area contributed by atoms with Crippen molar-refractivity contribution in [3.8, 4) is 0 Å². The molecule has 0 bridgehead atoms. The van der Waals surface area contributed by atoms with E-state index in [9.17, 15) is 9.18 Å². The number of nitrogens with one attached hydrogen (secondary N) is 1. The second-order valence-corrected chi connectivity index (χ2v) is 7.82. The molecule has 0 saturated carbocycles. The summed E-state index contributed by atoms with van der Waals surface area (Å²) < 4.78 is 18.7. The van der Waals surface area contributed by atoms with Gasteiger partial charge in [-0.2, -0.15) is 0 Å². The Labute approximate surface area is 159 Å². The molecule has 1 heterocycles. The topological polar surface area (TPSA) is 38.3 Å². The highest BCUT2D eigenvalue weighted by Crippen LogP contribution is 2.49. The van der Waals surface area contributed by atoms with Gasteiger partial charge in [0.1, 0.15) is 5.82 Å². The molecule has 1 N–H and O–H groups in total. The van der Waals surface area contributed by atoms with Crippen LogP contribution in [0.1, 0.15) is 53.7 Å². The summed E-state index contributed by atoms with van der Waals surface area (Å²) in [6.45, 7) is 4.47. The number of rotatable bonds is 4. The van der Waals surface area contributed by atoms with Gasteiger partial charge >= 0.3 is 5.97 Å². The van der Waals surface area contributed by atoms with Crippen LogP contribution < -0.4 is 5.32 Å². The van der Waals surface area contributed by atoms with E-state index >= 15 is 0 Å². The minimum atomic E-state index is -0.273. The molecule has 0 amide bonds.